The minimum Gasteiger partial charge on any atom is -0.478 e. The van der Waals surface area contributed by atoms with Gasteiger partial charge in [-0.3, -0.25) is 14.0 Å². The molecular formula is C30H20N4O4S. The van der Waals surface area contributed by atoms with Crippen molar-refractivity contribution in [2.45, 2.75) is 6.54 Å². The first-order valence-corrected chi connectivity index (χ1v) is 12.9. The van der Waals surface area contributed by atoms with E-state index in [9.17, 15) is 14.4 Å². The average Bonchev–Trinajstić information content (AvgIpc) is 3.66. The van der Waals surface area contributed by atoms with E-state index in [1.807, 2.05) is 53.9 Å². The molecule has 6 aromatic rings. The molecule has 0 saturated heterocycles. The minimum atomic E-state index is -1.02. The van der Waals surface area contributed by atoms with Crippen LogP contribution in [0.15, 0.2) is 96.5 Å². The highest BCUT2D eigenvalue weighted by molar-refractivity contribution is 7.03. The highest BCUT2D eigenvalue weighted by Crippen LogP contribution is 2.25. The predicted molar refractivity (Wildman–Crippen MR) is 148 cm³/mol. The first kappa shape index (κ1) is 24.2. The van der Waals surface area contributed by atoms with Gasteiger partial charge in [0.05, 0.1) is 23.0 Å². The summed E-state index contributed by atoms with van der Waals surface area (Å²) in [6.45, 7) is 0.170. The molecule has 8 nitrogen and oxygen atoms in total. The Balaban J connectivity index is 1.39. The summed E-state index contributed by atoms with van der Waals surface area (Å²) in [6, 6.07) is 24.9. The zero-order chi connectivity index (χ0) is 26.9. The van der Waals surface area contributed by atoms with E-state index in [0.717, 1.165) is 21.9 Å². The smallest absolute Gasteiger partial charge is 0.335 e. The molecule has 9 heteroatoms. The number of ketones is 1. The van der Waals surface area contributed by atoms with E-state index in [2.05, 4.69) is 14.7 Å². The van der Waals surface area contributed by atoms with Gasteiger partial charge in [0.2, 0.25) is 5.78 Å². The van der Waals surface area contributed by atoms with Crippen molar-refractivity contribution < 1.29 is 19.5 Å². The Labute approximate surface area is 226 Å². The van der Waals surface area contributed by atoms with E-state index in [4.69, 9.17) is 5.11 Å². The Hall–Kier alpha value is -5.15. The van der Waals surface area contributed by atoms with E-state index in [1.54, 1.807) is 34.9 Å². The number of aromatic carboxylic acids is 1. The van der Waals surface area contributed by atoms with Crippen molar-refractivity contribution in [2.24, 2.45) is 0 Å². The van der Waals surface area contributed by atoms with Gasteiger partial charge in [0.1, 0.15) is 5.69 Å². The van der Waals surface area contributed by atoms with Crippen molar-refractivity contribution in [1.29, 1.82) is 0 Å². The zero-order valence-electron chi connectivity index (χ0n) is 20.4. The fraction of sp³-hybridized carbons (Fsp3) is 0.0333. The zero-order valence-corrected chi connectivity index (χ0v) is 21.2. The quantitative estimate of drug-likeness (QED) is 0.264. The van der Waals surface area contributed by atoms with E-state index in [-0.39, 0.29) is 29.4 Å². The molecule has 39 heavy (non-hydrogen) atoms. The van der Waals surface area contributed by atoms with Crippen LogP contribution in [-0.2, 0) is 6.54 Å². The van der Waals surface area contributed by atoms with Crippen LogP contribution in [0.3, 0.4) is 0 Å². The third-order valence-electron chi connectivity index (χ3n) is 6.46. The monoisotopic (exact) mass is 532 g/mol. The maximum Gasteiger partial charge on any atom is 0.335 e. The molecule has 0 aliphatic heterocycles. The summed E-state index contributed by atoms with van der Waals surface area (Å²) in [4.78, 5) is 42.7. The number of nitrogens with zero attached hydrogens (tertiary/aromatic N) is 3. The Morgan fingerprint density at radius 3 is 2.38 bits per heavy atom. The molecule has 3 heterocycles. The SMILES string of the molecule is O=C(O)c1ccc(CNC(=O)c2cc(-c3ccsn3)cc3cnc(C(=O)c4ccc5ccccc5c4)n23)cc1. The van der Waals surface area contributed by atoms with Gasteiger partial charge in [0.25, 0.3) is 5.91 Å². The summed E-state index contributed by atoms with van der Waals surface area (Å²) >= 11 is 1.30. The van der Waals surface area contributed by atoms with Gasteiger partial charge in [-0.15, -0.1) is 0 Å². The van der Waals surface area contributed by atoms with Crippen molar-refractivity contribution in [2.75, 3.05) is 0 Å². The van der Waals surface area contributed by atoms with Gasteiger partial charge in [-0.1, -0.05) is 48.5 Å². The van der Waals surface area contributed by atoms with Crippen LogP contribution in [0.2, 0.25) is 0 Å². The summed E-state index contributed by atoms with van der Waals surface area (Å²) < 4.78 is 5.96. The van der Waals surface area contributed by atoms with Crippen molar-refractivity contribution in [3.8, 4) is 11.3 Å². The summed E-state index contributed by atoms with van der Waals surface area (Å²) in [6.07, 6.45) is 1.57. The number of nitrogens with one attached hydrogen (secondary N) is 1. The molecule has 0 aliphatic rings. The molecule has 0 unspecified atom stereocenters. The summed E-state index contributed by atoms with van der Waals surface area (Å²) in [5, 5.41) is 15.8. The number of rotatable bonds is 7. The third-order valence-corrected chi connectivity index (χ3v) is 7.02. The standard InChI is InChI=1S/C30H20N4O4S/c35-27(22-10-9-19-3-1-2-4-21(19)13-22)28-31-17-24-14-23(25-11-12-39-33-25)15-26(34(24)28)29(36)32-16-18-5-7-20(8-6-18)30(37)38/h1-15,17H,16H2,(H,32,36)(H,37,38). The molecule has 0 atom stereocenters. The number of carbonyl (C=O) groups excluding carboxylic acids is 2. The van der Waals surface area contributed by atoms with Crippen LogP contribution in [0.4, 0.5) is 0 Å². The highest BCUT2D eigenvalue weighted by Gasteiger charge is 2.22. The number of pyridine rings is 1. The molecule has 0 saturated carbocycles. The van der Waals surface area contributed by atoms with Crippen molar-refractivity contribution in [3.63, 3.8) is 0 Å². The van der Waals surface area contributed by atoms with E-state index >= 15 is 0 Å². The Kier molecular flexibility index (Phi) is 6.18. The highest BCUT2D eigenvalue weighted by atomic mass is 32.1. The van der Waals surface area contributed by atoms with Crippen LogP contribution in [0, 0.1) is 0 Å². The third kappa shape index (κ3) is 4.67. The summed E-state index contributed by atoms with van der Waals surface area (Å²) in [7, 11) is 0. The molecular weight excluding hydrogens is 512 g/mol. The van der Waals surface area contributed by atoms with Crippen LogP contribution < -0.4 is 5.32 Å². The topological polar surface area (TPSA) is 114 Å². The Morgan fingerprint density at radius 2 is 1.64 bits per heavy atom. The lowest BCUT2D eigenvalue weighted by molar-refractivity contribution is 0.0696. The van der Waals surface area contributed by atoms with Gasteiger partial charge >= 0.3 is 5.97 Å². The van der Waals surface area contributed by atoms with Gasteiger partial charge in [0, 0.05) is 23.1 Å². The lowest BCUT2D eigenvalue weighted by Crippen LogP contribution is -2.26. The molecule has 2 N–H and O–H groups in total. The maximum atomic E-state index is 13.6. The minimum absolute atomic E-state index is 0.126. The van der Waals surface area contributed by atoms with Crippen LogP contribution >= 0.6 is 11.5 Å². The fourth-order valence-electron chi connectivity index (χ4n) is 4.47. The number of hydrogen-bond acceptors (Lipinski definition) is 6. The number of imidazole rings is 1. The van der Waals surface area contributed by atoms with Crippen LogP contribution in [0.25, 0.3) is 27.5 Å². The Morgan fingerprint density at radius 1 is 0.872 bits per heavy atom. The van der Waals surface area contributed by atoms with Crippen molar-refractivity contribution in [1.82, 2.24) is 19.1 Å². The first-order chi connectivity index (χ1) is 19.0. The predicted octanol–water partition coefficient (Wildman–Crippen LogP) is 5.47. The molecule has 3 aromatic carbocycles. The fourth-order valence-corrected chi connectivity index (χ4v) is 5.00. The van der Waals surface area contributed by atoms with Gasteiger partial charge < -0.3 is 10.4 Å². The lowest BCUT2D eigenvalue weighted by Gasteiger charge is -2.12. The molecule has 190 valence electrons. The van der Waals surface area contributed by atoms with Gasteiger partial charge in [-0.05, 0) is 64.3 Å². The molecule has 0 radical (unpaired) electrons. The van der Waals surface area contributed by atoms with Gasteiger partial charge in [-0.25, -0.2) is 9.78 Å². The average molecular weight is 533 g/mol. The molecule has 6 rings (SSSR count). The van der Waals surface area contributed by atoms with Crippen LogP contribution in [0.5, 0.6) is 0 Å². The second kappa shape index (κ2) is 9.96. The summed E-state index contributed by atoms with van der Waals surface area (Å²) in [5.74, 6) is -1.61. The molecule has 0 bridgehead atoms. The summed E-state index contributed by atoms with van der Waals surface area (Å²) in [5.41, 5.74) is 3.62. The van der Waals surface area contributed by atoms with Crippen molar-refractivity contribution in [3.05, 3.63) is 125 Å². The number of carbonyl (C=O) groups is 3. The number of aromatic nitrogens is 3. The molecule has 1 amide bonds. The maximum absolute atomic E-state index is 13.6. The largest absolute Gasteiger partial charge is 0.478 e. The Bertz CT molecular complexity index is 1880. The van der Waals surface area contributed by atoms with Crippen molar-refractivity contribution >= 4 is 45.5 Å². The number of benzene rings is 3. The van der Waals surface area contributed by atoms with Gasteiger partial charge in [0.15, 0.2) is 5.82 Å². The molecule has 3 aromatic heterocycles. The number of carboxylic acids is 1. The van der Waals surface area contributed by atoms with E-state index in [0.29, 0.717) is 16.8 Å². The molecule has 0 fully saturated rings. The normalized spacial score (nSPS) is 11.1. The van der Waals surface area contributed by atoms with Crippen LogP contribution in [0.1, 0.15) is 42.6 Å². The number of fused-ring (bicyclic) bond motifs is 2. The first-order valence-electron chi connectivity index (χ1n) is 12.0. The number of carboxylic acid groups (broad SMARTS) is 1. The second-order valence-corrected chi connectivity index (χ2v) is 9.60. The van der Waals surface area contributed by atoms with E-state index < -0.39 is 11.9 Å². The van der Waals surface area contributed by atoms with Gasteiger partial charge in [-0.2, -0.15) is 4.37 Å². The molecule has 0 spiro atoms. The number of hydrogen-bond donors (Lipinski definition) is 2. The second-order valence-electron chi connectivity index (χ2n) is 8.93. The van der Waals surface area contributed by atoms with E-state index in [1.165, 1.54) is 23.7 Å². The van der Waals surface area contributed by atoms with Crippen LogP contribution in [-0.4, -0.2) is 36.5 Å². The number of amides is 1. The lowest BCUT2D eigenvalue weighted by atomic mass is 10.0. The molecule has 0 aliphatic carbocycles.